The highest BCUT2D eigenvalue weighted by Crippen LogP contribution is 2.22. The normalized spacial score (nSPS) is 12.2. The van der Waals surface area contributed by atoms with E-state index in [1.54, 1.807) is 24.3 Å². The van der Waals surface area contributed by atoms with Gasteiger partial charge in [0.25, 0.3) is 0 Å². The highest BCUT2D eigenvalue weighted by molar-refractivity contribution is 9.10. The van der Waals surface area contributed by atoms with Crippen LogP contribution in [0.2, 0.25) is 0 Å². The van der Waals surface area contributed by atoms with Gasteiger partial charge in [0.2, 0.25) is 5.88 Å². The maximum Gasteiger partial charge on any atom is 0.213 e. The van der Waals surface area contributed by atoms with Gasteiger partial charge in [0, 0.05) is 17.0 Å². The summed E-state index contributed by atoms with van der Waals surface area (Å²) < 4.78 is 18.9. The number of pyridine rings is 1. The molecule has 0 bridgehead atoms. The minimum absolute atomic E-state index is 0.288. The quantitative estimate of drug-likeness (QED) is 0.938. The predicted octanol–water partition coefficient (Wildman–Crippen LogP) is 3.27. The van der Waals surface area contributed by atoms with Crippen LogP contribution in [0, 0.1) is 5.82 Å². The van der Waals surface area contributed by atoms with Gasteiger partial charge in [-0.2, -0.15) is 0 Å². The molecule has 0 spiro atoms. The molecule has 5 heteroatoms. The van der Waals surface area contributed by atoms with Crippen LogP contribution in [0.4, 0.5) is 4.39 Å². The van der Waals surface area contributed by atoms with Crippen LogP contribution in [0.15, 0.2) is 40.9 Å². The van der Waals surface area contributed by atoms with Gasteiger partial charge in [0.05, 0.1) is 12.8 Å². The van der Waals surface area contributed by atoms with Crippen molar-refractivity contribution in [3.63, 3.8) is 0 Å². The molecule has 0 saturated carbocycles. The van der Waals surface area contributed by atoms with Crippen LogP contribution in [0.5, 0.6) is 5.88 Å². The van der Waals surface area contributed by atoms with Gasteiger partial charge in [0.1, 0.15) is 11.9 Å². The summed E-state index contributed by atoms with van der Waals surface area (Å²) in [6, 6.07) is 9.71. The van der Waals surface area contributed by atoms with Crippen LogP contribution in [0.25, 0.3) is 0 Å². The zero-order valence-corrected chi connectivity index (χ0v) is 11.9. The molecule has 1 heterocycles. The summed E-state index contributed by atoms with van der Waals surface area (Å²) in [6.45, 7) is 0. The zero-order valence-electron chi connectivity index (χ0n) is 10.3. The van der Waals surface area contributed by atoms with E-state index in [0.29, 0.717) is 21.6 Å². The third-order valence-corrected chi connectivity index (χ3v) is 3.10. The van der Waals surface area contributed by atoms with Crippen LogP contribution in [0.3, 0.4) is 0 Å². The monoisotopic (exact) mass is 325 g/mol. The molecule has 1 N–H and O–H groups in total. The molecule has 1 atom stereocenters. The standard InChI is InChI=1S/C14H13BrFNO2/c1-19-14-4-2-3-12(17-14)13(18)7-9-5-10(15)8-11(16)6-9/h2-6,8,13,18H,7H2,1H3. The van der Waals surface area contributed by atoms with Crippen molar-refractivity contribution in [2.45, 2.75) is 12.5 Å². The molecule has 1 aromatic carbocycles. The number of benzene rings is 1. The van der Waals surface area contributed by atoms with Crippen LogP contribution >= 0.6 is 15.9 Å². The zero-order chi connectivity index (χ0) is 13.8. The van der Waals surface area contributed by atoms with E-state index in [1.165, 1.54) is 19.2 Å². The van der Waals surface area contributed by atoms with Gasteiger partial charge < -0.3 is 9.84 Å². The molecule has 0 fully saturated rings. The molecule has 0 radical (unpaired) electrons. The third kappa shape index (κ3) is 3.75. The van der Waals surface area contributed by atoms with Crippen molar-refractivity contribution in [3.8, 4) is 5.88 Å². The van der Waals surface area contributed by atoms with E-state index >= 15 is 0 Å². The van der Waals surface area contributed by atoms with Crippen LogP contribution in [-0.4, -0.2) is 17.2 Å². The molecule has 0 aliphatic rings. The van der Waals surface area contributed by atoms with Crippen LogP contribution in [0.1, 0.15) is 17.4 Å². The highest BCUT2D eigenvalue weighted by atomic mass is 79.9. The summed E-state index contributed by atoms with van der Waals surface area (Å²) in [7, 11) is 1.52. The summed E-state index contributed by atoms with van der Waals surface area (Å²) in [5.41, 5.74) is 1.20. The Labute approximate surface area is 119 Å². The molecule has 1 unspecified atom stereocenters. The lowest BCUT2D eigenvalue weighted by Crippen LogP contribution is -2.05. The fourth-order valence-corrected chi connectivity index (χ4v) is 2.30. The maximum atomic E-state index is 13.3. The molecule has 3 nitrogen and oxygen atoms in total. The van der Waals surface area contributed by atoms with Crippen molar-refractivity contribution in [1.82, 2.24) is 4.98 Å². The number of aromatic nitrogens is 1. The van der Waals surface area contributed by atoms with Crippen molar-refractivity contribution in [2.75, 3.05) is 7.11 Å². The third-order valence-electron chi connectivity index (χ3n) is 2.65. The first-order valence-electron chi connectivity index (χ1n) is 5.72. The molecule has 1 aromatic heterocycles. The molecule has 0 amide bonds. The number of hydrogen-bond donors (Lipinski definition) is 1. The van der Waals surface area contributed by atoms with Crippen molar-refractivity contribution in [3.05, 3.63) is 57.9 Å². The largest absolute Gasteiger partial charge is 0.481 e. The Morgan fingerprint density at radius 1 is 1.37 bits per heavy atom. The van der Waals surface area contributed by atoms with Gasteiger partial charge in [-0.15, -0.1) is 0 Å². The lowest BCUT2D eigenvalue weighted by atomic mass is 10.1. The lowest BCUT2D eigenvalue weighted by molar-refractivity contribution is 0.172. The fourth-order valence-electron chi connectivity index (χ4n) is 1.79. The smallest absolute Gasteiger partial charge is 0.213 e. The number of hydrogen-bond acceptors (Lipinski definition) is 3. The molecule has 2 rings (SSSR count). The van der Waals surface area contributed by atoms with Gasteiger partial charge in [-0.05, 0) is 29.8 Å². The number of aliphatic hydroxyl groups excluding tert-OH is 1. The molecular weight excluding hydrogens is 313 g/mol. The predicted molar refractivity (Wildman–Crippen MR) is 73.6 cm³/mol. The summed E-state index contributed by atoms with van der Waals surface area (Å²) in [4.78, 5) is 4.15. The summed E-state index contributed by atoms with van der Waals surface area (Å²) in [5, 5.41) is 10.1. The van der Waals surface area contributed by atoms with E-state index < -0.39 is 6.10 Å². The number of methoxy groups -OCH3 is 1. The fraction of sp³-hybridized carbons (Fsp3) is 0.214. The molecule has 0 saturated heterocycles. The van der Waals surface area contributed by atoms with E-state index in [4.69, 9.17) is 4.74 Å². The maximum absolute atomic E-state index is 13.3. The number of aliphatic hydroxyl groups is 1. The Kier molecular flexibility index (Phi) is 4.50. The molecule has 0 aliphatic carbocycles. The second kappa shape index (κ2) is 6.12. The molecule has 100 valence electrons. The number of rotatable bonds is 4. The van der Waals surface area contributed by atoms with E-state index in [-0.39, 0.29) is 12.2 Å². The van der Waals surface area contributed by atoms with Gasteiger partial charge in [-0.25, -0.2) is 9.37 Å². The van der Waals surface area contributed by atoms with Crippen molar-refractivity contribution in [1.29, 1.82) is 0 Å². The first-order valence-corrected chi connectivity index (χ1v) is 6.52. The molecule has 0 aliphatic heterocycles. The SMILES string of the molecule is COc1cccc(C(O)Cc2cc(F)cc(Br)c2)n1. The van der Waals surface area contributed by atoms with E-state index in [9.17, 15) is 9.50 Å². The number of ether oxygens (including phenoxy) is 1. The lowest BCUT2D eigenvalue weighted by Gasteiger charge is -2.11. The number of nitrogens with zero attached hydrogens (tertiary/aromatic N) is 1. The first-order chi connectivity index (χ1) is 9.08. The van der Waals surface area contributed by atoms with Crippen molar-refractivity contribution in [2.24, 2.45) is 0 Å². The van der Waals surface area contributed by atoms with E-state index in [0.717, 1.165) is 0 Å². The summed E-state index contributed by atoms with van der Waals surface area (Å²) in [6.07, 6.45) is -0.514. The van der Waals surface area contributed by atoms with E-state index in [1.807, 2.05) is 0 Å². The van der Waals surface area contributed by atoms with Gasteiger partial charge in [-0.1, -0.05) is 22.0 Å². The van der Waals surface area contributed by atoms with E-state index in [2.05, 4.69) is 20.9 Å². The van der Waals surface area contributed by atoms with Crippen molar-refractivity contribution >= 4 is 15.9 Å². The van der Waals surface area contributed by atoms with Gasteiger partial charge in [0.15, 0.2) is 0 Å². The van der Waals surface area contributed by atoms with Crippen LogP contribution in [-0.2, 0) is 6.42 Å². The minimum Gasteiger partial charge on any atom is -0.481 e. The van der Waals surface area contributed by atoms with Gasteiger partial charge in [-0.3, -0.25) is 0 Å². The summed E-state index contributed by atoms with van der Waals surface area (Å²) in [5.74, 6) is 0.104. The van der Waals surface area contributed by atoms with Crippen molar-refractivity contribution < 1.29 is 14.2 Å². The first kappa shape index (κ1) is 14.0. The molecule has 2 aromatic rings. The van der Waals surface area contributed by atoms with Crippen LogP contribution < -0.4 is 4.74 Å². The second-order valence-electron chi connectivity index (χ2n) is 4.10. The topological polar surface area (TPSA) is 42.4 Å². The van der Waals surface area contributed by atoms with Gasteiger partial charge >= 0.3 is 0 Å². The minimum atomic E-state index is -0.802. The second-order valence-corrected chi connectivity index (χ2v) is 5.02. The average molecular weight is 326 g/mol. The summed E-state index contributed by atoms with van der Waals surface area (Å²) >= 11 is 3.22. The average Bonchev–Trinajstić information content (AvgIpc) is 2.37. The molecule has 19 heavy (non-hydrogen) atoms. The Balaban J connectivity index is 2.17. The Morgan fingerprint density at radius 2 is 2.16 bits per heavy atom. The highest BCUT2D eigenvalue weighted by Gasteiger charge is 2.12. The Bertz CT molecular complexity index is 557. The Hall–Kier alpha value is -1.46. The number of halogens is 2. The molecular formula is C14H13BrFNO2. The Morgan fingerprint density at radius 3 is 2.84 bits per heavy atom.